The Morgan fingerprint density at radius 1 is 1.17 bits per heavy atom. The van der Waals surface area contributed by atoms with Crippen molar-refractivity contribution in [2.75, 3.05) is 38.8 Å². The van der Waals surface area contributed by atoms with Crippen LogP contribution in [0.2, 0.25) is 0 Å². The van der Waals surface area contributed by atoms with Gasteiger partial charge in [-0.05, 0) is 31.5 Å². The lowest BCUT2D eigenvalue weighted by atomic mass is 10.2. The van der Waals surface area contributed by atoms with Gasteiger partial charge in [-0.25, -0.2) is 4.79 Å². The first-order valence-electron chi connectivity index (χ1n) is 7.81. The Morgan fingerprint density at radius 2 is 1.92 bits per heavy atom. The zero-order valence-corrected chi connectivity index (χ0v) is 14.3. The van der Waals surface area contributed by atoms with Gasteiger partial charge < -0.3 is 19.7 Å². The summed E-state index contributed by atoms with van der Waals surface area (Å²) in [5, 5.41) is 2.58. The van der Waals surface area contributed by atoms with Crippen LogP contribution in [-0.4, -0.2) is 51.7 Å². The minimum Gasteiger partial charge on any atom is -0.466 e. The van der Waals surface area contributed by atoms with Crippen molar-refractivity contribution in [1.29, 1.82) is 0 Å². The number of hydrogen-bond donors (Lipinski definition) is 1. The standard InChI is InChI=1S/C17H24N2O5/c1-4-23-16(21)9-6-10-18-15(20)12-24-17(22)13-7-5-8-14(11-13)19(2)3/h5,7-8,11H,4,6,9-10,12H2,1-3H3,(H,18,20). The molecule has 0 bridgehead atoms. The van der Waals surface area contributed by atoms with Gasteiger partial charge in [0.05, 0.1) is 12.2 Å². The van der Waals surface area contributed by atoms with Gasteiger partial charge >= 0.3 is 11.9 Å². The molecule has 0 aliphatic heterocycles. The molecule has 132 valence electrons. The van der Waals surface area contributed by atoms with Crippen LogP contribution < -0.4 is 10.2 Å². The molecule has 0 aromatic heterocycles. The minimum atomic E-state index is -0.555. The molecule has 1 aromatic carbocycles. The van der Waals surface area contributed by atoms with E-state index < -0.39 is 11.9 Å². The van der Waals surface area contributed by atoms with Crippen molar-refractivity contribution in [2.45, 2.75) is 19.8 Å². The van der Waals surface area contributed by atoms with Crippen LogP contribution in [-0.2, 0) is 19.1 Å². The zero-order valence-electron chi connectivity index (χ0n) is 14.3. The first-order chi connectivity index (χ1) is 11.4. The first-order valence-corrected chi connectivity index (χ1v) is 7.81. The molecule has 24 heavy (non-hydrogen) atoms. The summed E-state index contributed by atoms with van der Waals surface area (Å²) in [4.78, 5) is 36.5. The van der Waals surface area contributed by atoms with Crippen molar-refractivity contribution >= 4 is 23.5 Å². The number of esters is 2. The summed E-state index contributed by atoms with van der Waals surface area (Å²) in [5.41, 5.74) is 1.25. The van der Waals surface area contributed by atoms with E-state index in [0.717, 1.165) is 5.69 Å². The van der Waals surface area contributed by atoms with E-state index in [2.05, 4.69) is 5.32 Å². The lowest BCUT2D eigenvalue weighted by Crippen LogP contribution is -2.30. The maximum atomic E-state index is 11.9. The number of nitrogens with one attached hydrogen (secondary N) is 1. The van der Waals surface area contributed by atoms with Gasteiger partial charge in [-0.15, -0.1) is 0 Å². The average molecular weight is 336 g/mol. The number of nitrogens with zero attached hydrogens (tertiary/aromatic N) is 1. The van der Waals surface area contributed by atoms with E-state index >= 15 is 0 Å². The number of amides is 1. The van der Waals surface area contributed by atoms with Crippen LogP contribution in [0.3, 0.4) is 0 Å². The molecule has 0 unspecified atom stereocenters. The molecule has 0 aliphatic rings. The van der Waals surface area contributed by atoms with Gasteiger partial charge in [0.15, 0.2) is 6.61 Å². The summed E-state index contributed by atoms with van der Waals surface area (Å²) in [6, 6.07) is 6.95. The number of carbonyl (C=O) groups is 3. The molecule has 0 heterocycles. The Bertz CT molecular complexity index is 572. The number of hydrogen-bond acceptors (Lipinski definition) is 6. The van der Waals surface area contributed by atoms with Crippen LogP contribution in [0.1, 0.15) is 30.1 Å². The molecular weight excluding hydrogens is 312 g/mol. The monoisotopic (exact) mass is 336 g/mol. The van der Waals surface area contributed by atoms with Gasteiger partial charge in [-0.1, -0.05) is 6.07 Å². The smallest absolute Gasteiger partial charge is 0.338 e. The highest BCUT2D eigenvalue weighted by Crippen LogP contribution is 2.14. The van der Waals surface area contributed by atoms with Crippen molar-refractivity contribution in [3.63, 3.8) is 0 Å². The van der Waals surface area contributed by atoms with Gasteiger partial charge in [-0.3, -0.25) is 9.59 Å². The average Bonchev–Trinajstić information content (AvgIpc) is 2.57. The molecule has 0 radical (unpaired) electrons. The molecule has 1 rings (SSSR count). The van der Waals surface area contributed by atoms with Crippen molar-refractivity contribution < 1.29 is 23.9 Å². The van der Waals surface area contributed by atoms with Gasteiger partial charge in [0, 0.05) is 32.7 Å². The van der Waals surface area contributed by atoms with Crippen molar-refractivity contribution in [3.8, 4) is 0 Å². The summed E-state index contributed by atoms with van der Waals surface area (Å²) < 4.78 is 9.76. The van der Waals surface area contributed by atoms with E-state index in [1.165, 1.54) is 0 Å². The number of ether oxygens (including phenoxy) is 2. The molecule has 0 saturated heterocycles. The largest absolute Gasteiger partial charge is 0.466 e. The highest BCUT2D eigenvalue weighted by molar-refractivity contribution is 5.92. The molecule has 1 amide bonds. The van der Waals surface area contributed by atoms with Crippen LogP contribution in [0.4, 0.5) is 5.69 Å². The fourth-order valence-corrected chi connectivity index (χ4v) is 1.87. The Morgan fingerprint density at radius 3 is 2.58 bits per heavy atom. The van der Waals surface area contributed by atoms with E-state index in [9.17, 15) is 14.4 Å². The molecule has 0 spiro atoms. The number of benzene rings is 1. The quantitative estimate of drug-likeness (QED) is 0.541. The van der Waals surface area contributed by atoms with E-state index in [-0.39, 0.29) is 19.0 Å². The third kappa shape index (κ3) is 7.13. The Kier molecular flexibility index (Phi) is 8.32. The van der Waals surface area contributed by atoms with Crippen molar-refractivity contribution in [3.05, 3.63) is 29.8 Å². The highest BCUT2D eigenvalue weighted by Gasteiger charge is 2.11. The molecule has 1 N–H and O–H groups in total. The van der Waals surface area contributed by atoms with Gasteiger partial charge in [0.1, 0.15) is 0 Å². The van der Waals surface area contributed by atoms with E-state index in [1.54, 1.807) is 25.1 Å². The fraction of sp³-hybridized carbons (Fsp3) is 0.471. The number of carbonyl (C=O) groups excluding carboxylic acids is 3. The topological polar surface area (TPSA) is 84.9 Å². The third-order valence-corrected chi connectivity index (χ3v) is 3.12. The zero-order chi connectivity index (χ0) is 17.9. The summed E-state index contributed by atoms with van der Waals surface area (Å²) in [7, 11) is 3.74. The Hall–Kier alpha value is -2.57. The van der Waals surface area contributed by atoms with Gasteiger partial charge in [-0.2, -0.15) is 0 Å². The predicted octanol–water partition coefficient (Wildman–Crippen LogP) is 1.37. The summed E-state index contributed by atoms with van der Waals surface area (Å²) in [6.07, 6.45) is 0.717. The maximum Gasteiger partial charge on any atom is 0.338 e. The normalized spacial score (nSPS) is 9.96. The van der Waals surface area contributed by atoms with Crippen LogP contribution in [0.25, 0.3) is 0 Å². The van der Waals surface area contributed by atoms with Gasteiger partial charge in [0.25, 0.3) is 5.91 Å². The molecule has 1 aromatic rings. The molecule has 0 saturated carbocycles. The lowest BCUT2D eigenvalue weighted by molar-refractivity contribution is -0.143. The van der Waals surface area contributed by atoms with E-state index in [0.29, 0.717) is 25.1 Å². The summed E-state index contributed by atoms with van der Waals surface area (Å²) in [5.74, 6) is -1.25. The molecule has 0 aliphatic carbocycles. The highest BCUT2D eigenvalue weighted by atomic mass is 16.5. The predicted molar refractivity (Wildman–Crippen MR) is 89.9 cm³/mol. The second-order valence-corrected chi connectivity index (χ2v) is 5.28. The molecule has 0 fully saturated rings. The number of rotatable bonds is 9. The summed E-state index contributed by atoms with van der Waals surface area (Å²) >= 11 is 0. The fourth-order valence-electron chi connectivity index (χ4n) is 1.87. The SMILES string of the molecule is CCOC(=O)CCCNC(=O)COC(=O)c1cccc(N(C)C)c1. The molecular formula is C17H24N2O5. The van der Waals surface area contributed by atoms with Gasteiger partial charge in [0.2, 0.25) is 0 Å². The second kappa shape index (κ2) is 10.3. The Balaban J connectivity index is 2.30. The second-order valence-electron chi connectivity index (χ2n) is 5.28. The third-order valence-electron chi connectivity index (χ3n) is 3.12. The number of anilines is 1. The van der Waals surface area contributed by atoms with Crippen LogP contribution in [0.15, 0.2) is 24.3 Å². The Labute approximate surface area is 141 Å². The van der Waals surface area contributed by atoms with E-state index in [4.69, 9.17) is 9.47 Å². The van der Waals surface area contributed by atoms with E-state index in [1.807, 2.05) is 25.1 Å². The molecule has 7 nitrogen and oxygen atoms in total. The van der Waals surface area contributed by atoms with Crippen LogP contribution in [0.5, 0.6) is 0 Å². The first kappa shape index (κ1) is 19.5. The summed E-state index contributed by atoms with van der Waals surface area (Å²) in [6.45, 7) is 2.05. The maximum absolute atomic E-state index is 11.9. The lowest BCUT2D eigenvalue weighted by Gasteiger charge is -2.13. The minimum absolute atomic E-state index is 0.241. The van der Waals surface area contributed by atoms with Crippen LogP contribution in [0, 0.1) is 0 Å². The van der Waals surface area contributed by atoms with Crippen molar-refractivity contribution in [2.24, 2.45) is 0 Å². The van der Waals surface area contributed by atoms with Crippen LogP contribution >= 0.6 is 0 Å². The molecule has 7 heteroatoms. The molecule has 0 atom stereocenters. The van der Waals surface area contributed by atoms with Crippen molar-refractivity contribution in [1.82, 2.24) is 5.32 Å².